The second-order valence-electron chi connectivity index (χ2n) is 14.4. The highest BCUT2D eigenvalue weighted by Gasteiger charge is 2.24. The van der Waals surface area contributed by atoms with Crippen LogP contribution in [-0.2, 0) is 9.59 Å². The molecule has 0 aromatic heterocycles. The number of hydrogen-bond acceptors (Lipinski definition) is 5. The zero-order valence-corrected chi connectivity index (χ0v) is 36.8. The second-order valence-corrected chi connectivity index (χ2v) is 14.4. The highest BCUT2D eigenvalue weighted by Crippen LogP contribution is 2.35. The number of Topliss-reactive ketones (excluding diaryl/α,β-unsaturated/α-hetero) is 2. The summed E-state index contributed by atoms with van der Waals surface area (Å²) in [5.74, 6) is 1.03. The maximum absolute atomic E-state index is 11.9. The van der Waals surface area contributed by atoms with Crippen molar-refractivity contribution in [2.45, 2.75) is 187 Å². The fraction of sp³-hybridized carbons (Fsp3) is 0.739. The Morgan fingerprint density at radius 3 is 1.75 bits per heavy atom. The molecule has 2 N–H and O–H groups in total. The average Bonchev–Trinajstić information content (AvgIpc) is 3.59. The van der Waals surface area contributed by atoms with Crippen molar-refractivity contribution in [1.82, 2.24) is 4.90 Å². The molecule has 5 nitrogen and oxygen atoms in total. The lowest BCUT2D eigenvalue weighted by Gasteiger charge is -2.26. The first kappa shape index (κ1) is 53.0. The van der Waals surface area contributed by atoms with E-state index in [2.05, 4.69) is 99.3 Å². The molecule has 1 aliphatic rings. The fourth-order valence-electron chi connectivity index (χ4n) is 5.63. The van der Waals surface area contributed by atoms with Crippen LogP contribution in [0.1, 0.15) is 184 Å². The van der Waals surface area contributed by atoms with Gasteiger partial charge in [-0.3, -0.25) is 9.59 Å². The molecule has 0 spiro atoms. The van der Waals surface area contributed by atoms with E-state index in [0.717, 1.165) is 68.0 Å². The predicted molar refractivity (Wildman–Crippen MR) is 230 cm³/mol. The van der Waals surface area contributed by atoms with Gasteiger partial charge in [-0.15, -0.1) is 0 Å². The lowest BCUT2D eigenvalue weighted by molar-refractivity contribution is -0.117. The smallest absolute Gasteiger partial charge is 0.160 e. The van der Waals surface area contributed by atoms with Crippen molar-refractivity contribution in [1.29, 1.82) is 0 Å². The SMILES string of the molecule is CCC(C)=C(C(C)=O)C1=C(N(C)CC(C)=O)CCC1.CCCC.CCCC.CCCCCC(C)CN.CCCN(CCC)c1cccc(C)c1C. The van der Waals surface area contributed by atoms with Crippen molar-refractivity contribution in [3.05, 3.63) is 51.7 Å². The minimum absolute atomic E-state index is 0.143. The van der Waals surface area contributed by atoms with E-state index in [9.17, 15) is 9.59 Å². The van der Waals surface area contributed by atoms with Gasteiger partial charge in [0, 0.05) is 37.1 Å². The number of benzene rings is 1. The highest BCUT2D eigenvalue weighted by molar-refractivity contribution is 5.98. The van der Waals surface area contributed by atoms with Gasteiger partial charge in [-0.2, -0.15) is 0 Å². The molecular formula is C46H87N3O2. The fourth-order valence-corrected chi connectivity index (χ4v) is 5.63. The molecule has 0 heterocycles. The van der Waals surface area contributed by atoms with Crippen molar-refractivity contribution >= 4 is 17.3 Å². The number of anilines is 1. The number of nitrogens with two attached hydrogens (primary N) is 1. The highest BCUT2D eigenvalue weighted by atomic mass is 16.1. The maximum Gasteiger partial charge on any atom is 0.160 e. The Kier molecular flexibility index (Phi) is 36.0. The Morgan fingerprint density at radius 2 is 1.33 bits per heavy atom. The molecule has 0 saturated carbocycles. The van der Waals surface area contributed by atoms with E-state index in [0.29, 0.717) is 6.54 Å². The van der Waals surface area contributed by atoms with Crippen molar-refractivity contribution in [2.75, 3.05) is 38.1 Å². The number of carbonyl (C=O) groups is 2. The number of allylic oxidation sites excluding steroid dienone is 4. The summed E-state index contributed by atoms with van der Waals surface area (Å²) < 4.78 is 0. The molecule has 298 valence electrons. The molecule has 51 heavy (non-hydrogen) atoms. The zero-order chi connectivity index (χ0) is 39.8. The third kappa shape index (κ3) is 25.3. The van der Waals surface area contributed by atoms with Gasteiger partial charge < -0.3 is 15.5 Å². The van der Waals surface area contributed by atoms with E-state index in [4.69, 9.17) is 5.73 Å². The number of likely N-dealkylation sites (N-methyl/N-ethyl adjacent to an activating group) is 1. The van der Waals surface area contributed by atoms with Crippen LogP contribution in [0, 0.1) is 19.8 Å². The molecular weight excluding hydrogens is 627 g/mol. The third-order valence-corrected chi connectivity index (χ3v) is 9.33. The molecule has 0 aliphatic heterocycles. The summed E-state index contributed by atoms with van der Waals surface area (Å²) in [5.41, 5.74) is 14.1. The number of ketones is 2. The van der Waals surface area contributed by atoms with Gasteiger partial charge in [0.15, 0.2) is 5.78 Å². The molecule has 0 fully saturated rings. The molecule has 1 aliphatic carbocycles. The van der Waals surface area contributed by atoms with Gasteiger partial charge in [-0.05, 0) is 115 Å². The summed E-state index contributed by atoms with van der Waals surface area (Å²) >= 11 is 0. The summed E-state index contributed by atoms with van der Waals surface area (Å²) in [7, 11) is 1.95. The van der Waals surface area contributed by atoms with Crippen LogP contribution in [0.5, 0.6) is 0 Å². The molecule has 0 saturated heterocycles. The van der Waals surface area contributed by atoms with Gasteiger partial charge in [0.25, 0.3) is 0 Å². The second kappa shape index (κ2) is 34.7. The number of nitrogens with zero attached hydrogens (tertiary/aromatic N) is 2. The molecule has 0 radical (unpaired) electrons. The average molecular weight is 714 g/mol. The summed E-state index contributed by atoms with van der Waals surface area (Å²) in [4.78, 5) is 27.7. The van der Waals surface area contributed by atoms with Crippen molar-refractivity contribution in [2.24, 2.45) is 11.7 Å². The number of rotatable bonds is 18. The van der Waals surface area contributed by atoms with Crippen LogP contribution >= 0.6 is 0 Å². The molecule has 1 atom stereocenters. The molecule has 1 aromatic rings. The van der Waals surface area contributed by atoms with E-state index in [-0.39, 0.29) is 11.6 Å². The minimum atomic E-state index is 0.143. The van der Waals surface area contributed by atoms with Gasteiger partial charge >= 0.3 is 0 Å². The van der Waals surface area contributed by atoms with Crippen LogP contribution in [0.4, 0.5) is 5.69 Å². The van der Waals surface area contributed by atoms with Crippen LogP contribution in [-0.4, -0.2) is 49.7 Å². The largest absolute Gasteiger partial charge is 0.371 e. The first-order valence-electron chi connectivity index (χ1n) is 20.9. The molecule has 1 unspecified atom stereocenters. The van der Waals surface area contributed by atoms with E-state index in [1.165, 1.54) is 86.7 Å². The van der Waals surface area contributed by atoms with Crippen molar-refractivity contribution < 1.29 is 9.59 Å². The quantitative estimate of drug-likeness (QED) is 0.121. The van der Waals surface area contributed by atoms with Gasteiger partial charge in [0.2, 0.25) is 0 Å². The first-order chi connectivity index (χ1) is 24.2. The molecule has 5 heteroatoms. The van der Waals surface area contributed by atoms with Gasteiger partial charge in [0.05, 0.1) is 6.54 Å². The first-order valence-corrected chi connectivity index (χ1v) is 20.9. The van der Waals surface area contributed by atoms with Crippen LogP contribution in [0.15, 0.2) is 40.6 Å². The zero-order valence-electron chi connectivity index (χ0n) is 36.8. The van der Waals surface area contributed by atoms with E-state index in [1.54, 1.807) is 13.8 Å². The number of unbranched alkanes of at least 4 members (excludes halogenated alkanes) is 4. The lowest BCUT2D eigenvalue weighted by atomic mass is 9.94. The van der Waals surface area contributed by atoms with Crippen LogP contribution < -0.4 is 10.6 Å². The van der Waals surface area contributed by atoms with E-state index in [1.807, 2.05) is 18.9 Å². The molecule has 2 rings (SSSR count). The number of carbonyl (C=O) groups excluding carboxylic acids is 2. The summed E-state index contributed by atoms with van der Waals surface area (Å²) in [6, 6.07) is 6.60. The van der Waals surface area contributed by atoms with Crippen molar-refractivity contribution in [3.8, 4) is 0 Å². The Balaban J connectivity index is -0.000000638. The summed E-state index contributed by atoms with van der Waals surface area (Å²) in [6.45, 7) is 33.0. The minimum Gasteiger partial charge on any atom is -0.371 e. The van der Waals surface area contributed by atoms with Crippen molar-refractivity contribution in [3.63, 3.8) is 0 Å². The van der Waals surface area contributed by atoms with Crippen LogP contribution in [0.25, 0.3) is 0 Å². The van der Waals surface area contributed by atoms with Gasteiger partial charge in [-0.1, -0.05) is 125 Å². The number of aryl methyl sites for hydroxylation is 1. The van der Waals surface area contributed by atoms with E-state index >= 15 is 0 Å². The Morgan fingerprint density at radius 1 is 0.784 bits per heavy atom. The molecule has 0 bridgehead atoms. The Labute approximate surface area is 319 Å². The van der Waals surface area contributed by atoms with Gasteiger partial charge in [0.1, 0.15) is 5.78 Å². The van der Waals surface area contributed by atoms with Crippen LogP contribution in [0.3, 0.4) is 0 Å². The van der Waals surface area contributed by atoms with Crippen LogP contribution in [0.2, 0.25) is 0 Å². The Hall–Kier alpha value is -2.40. The Bertz CT molecular complexity index is 1070. The monoisotopic (exact) mass is 714 g/mol. The lowest BCUT2D eigenvalue weighted by Crippen LogP contribution is -2.25. The molecule has 1 aromatic carbocycles. The van der Waals surface area contributed by atoms with Gasteiger partial charge in [-0.25, -0.2) is 0 Å². The third-order valence-electron chi connectivity index (χ3n) is 9.33. The predicted octanol–water partition coefficient (Wildman–Crippen LogP) is 13.0. The van der Waals surface area contributed by atoms with E-state index < -0.39 is 0 Å². The standard InChI is InChI=1S/C16H25NO2.C14H23N.C8H19N.2C4H10/c1-6-11(2)16(13(4)19)14-8-7-9-15(14)17(5)10-12(3)18;1-5-10-15(11-6-2)14-9-7-8-12(3)13(14)4;1-3-4-5-6-8(2)7-9;2*1-3-4-2/h6-10H2,1-5H3;7-9H,5-6,10-11H2,1-4H3;8H,3-7,9H2,1-2H3;2*3-4H2,1-2H3. The topological polar surface area (TPSA) is 66.6 Å². The summed E-state index contributed by atoms with van der Waals surface area (Å²) in [5, 5.41) is 0. The maximum atomic E-state index is 11.9. The normalized spacial score (nSPS) is 12.8. The summed E-state index contributed by atoms with van der Waals surface area (Å²) in [6.07, 6.45) is 16.9. The molecule has 0 amide bonds. The number of hydrogen-bond donors (Lipinski definition) is 1.